The molecule has 0 atom stereocenters. The Morgan fingerprint density at radius 2 is 2.04 bits per heavy atom. The van der Waals surface area contributed by atoms with E-state index in [1.54, 1.807) is 0 Å². The number of ether oxygens (including phenoxy) is 1. The summed E-state index contributed by atoms with van der Waals surface area (Å²) in [5, 5.41) is 0. The minimum Gasteiger partial charge on any atom is -0.464 e. The second kappa shape index (κ2) is 9.78. The fourth-order valence-electron chi connectivity index (χ4n) is 1.74. The van der Waals surface area contributed by atoms with Crippen LogP contribution in [-0.4, -0.2) is 65.9 Å². The van der Waals surface area contributed by atoms with Crippen LogP contribution in [0, 0.1) is 0 Å². The minimum atomic E-state index is -0.503. The summed E-state index contributed by atoms with van der Waals surface area (Å²) in [4.78, 5) is 58.0. The van der Waals surface area contributed by atoms with E-state index in [2.05, 4.69) is 0 Å². The predicted octanol–water partition coefficient (Wildman–Crippen LogP) is -0.0696. The Morgan fingerprint density at radius 1 is 1.35 bits per heavy atom. The molecule has 0 aromatic heterocycles. The first-order valence-electron chi connectivity index (χ1n) is 7.05. The molecule has 0 spiro atoms. The van der Waals surface area contributed by atoms with Crippen molar-refractivity contribution < 1.29 is 28.7 Å². The number of imide groups is 2. The summed E-state index contributed by atoms with van der Waals surface area (Å²) in [6.07, 6.45) is 2.70. The van der Waals surface area contributed by atoms with E-state index in [0.29, 0.717) is 36.4 Å². The largest absolute Gasteiger partial charge is 0.464 e. The number of esters is 1. The summed E-state index contributed by atoms with van der Waals surface area (Å²) in [7, 11) is 0. The molecule has 0 bridgehead atoms. The third-order valence-corrected chi connectivity index (χ3v) is 3.88. The molecule has 0 aliphatic carbocycles. The second-order valence-corrected chi connectivity index (χ2v) is 5.71. The lowest BCUT2D eigenvalue weighted by Crippen LogP contribution is -2.31. The smallest absolute Gasteiger partial charge is 0.306 e. The summed E-state index contributed by atoms with van der Waals surface area (Å²) >= 11 is 1.13. The van der Waals surface area contributed by atoms with Crippen LogP contribution in [-0.2, 0) is 28.7 Å². The van der Waals surface area contributed by atoms with E-state index in [-0.39, 0.29) is 31.4 Å². The van der Waals surface area contributed by atoms with Gasteiger partial charge in [-0.25, -0.2) is 0 Å². The number of hydrogen-bond acceptors (Lipinski definition) is 7. The molecular formula is C14H18N2O6S. The van der Waals surface area contributed by atoms with Crippen molar-refractivity contribution in [3.63, 3.8) is 0 Å². The Labute approximate surface area is 137 Å². The van der Waals surface area contributed by atoms with Crippen molar-refractivity contribution in [3.8, 4) is 0 Å². The lowest BCUT2D eigenvalue weighted by Gasteiger charge is -2.12. The Morgan fingerprint density at radius 3 is 2.65 bits per heavy atom. The summed E-state index contributed by atoms with van der Waals surface area (Å²) in [6, 6.07) is 0. The standard InChI is InChI=1S/C14H18N2O6S/c1-2-4-16-12(19)8-11(14(16)21)23-7-3-13(20)22-6-5-15(9-17)10-18/h8-10H,2-7H2,1H3. The van der Waals surface area contributed by atoms with Crippen molar-refractivity contribution in [1.29, 1.82) is 0 Å². The van der Waals surface area contributed by atoms with Gasteiger partial charge in [-0.1, -0.05) is 6.92 Å². The van der Waals surface area contributed by atoms with Crippen molar-refractivity contribution in [2.24, 2.45) is 0 Å². The van der Waals surface area contributed by atoms with Crippen molar-refractivity contribution >= 4 is 42.4 Å². The summed E-state index contributed by atoms with van der Waals surface area (Å²) in [5.74, 6) is -0.862. The average Bonchev–Trinajstić information content (AvgIpc) is 2.80. The topological polar surface area (TPSA) is 101 Å². The summed E-state index contributed by atoms with van der Waals surface area (Å²) in [5.41, 5.74) is 0. The van der Waals surface area contributed by atoms with E-state index in [1.165, 1.54) is 11.0 Å². The molecule has 0 unspecified atom stereocenters. The molecule has 1 aliphatic heterocycles. The zero-order valence-corrected chi connectivity index (χ0v) is 13.5. The SMILES string of the molecule is CCCN1C(=O)C=C(SCCC(=O)OCCN(C=O)C=O)C1=O. The van der Waals surface area contributed by atoms with Crippen LogP contribution in [0.15, 0.2) is 11.0 Å². The summed E-state index contributed by atoms with van der Waals surface area (Å²) in [6.45, 7) is 2.17. The number of amides is 4. The van der Waals surface area contributed by atoms with Crippen molar-refractivity contribution in [2.45, 2.75) is 19.8 Å². The van der Waals surface area contributed by atoms with Crippen LogP contribution in [0.3, 0.4) is 0 Å². The van der Waals surface area contributed by atoms with Crippen LogP contribution >= 0.6 is 11.8 Å². The lowest BCUT2D eigenvalue weighted by atomic mass is 10.4. The summed E-state index contributed by atoms with van der Waals surface area (Å²) < 4.78 is 4.86. The molecule has 23 heavy (non-hydrogen) atoms. The van der Waals surface area contributed by atoms with Crippen LogP contribution in [0.4, 0.5) is 0 Å². The maximum Gasteiger partial charge on any atom is 0.306 e. The zero-order chi connectivity index (χ0) is 17.2. The molecule has 1 heterocycles. The Bertz CT molecular complexity index is 511. The first-order chi connectivity index (χ1) is 11.0. The number of hydrogen-bond donors (Lipinski definition) is 0. The highest BCUT2D eigenvalue weighted by Gasteiger charge is 2.30. The first-order valence-corrected chi connectivity index (χ1v) is 8.04. The van der Waals surface area contributed by atoms with Crippen LogP contribution in [0.1, 0.15) is 19.8 Å². The quantitative estimate of drug-likeness (QED) is 0.294. The fraction of sp³-hybridized carbons (Fsp3) is 0.500. The molecule has 0 radical (unpaired) electrons. The van der Waals surface area contributed by atoms with Crippen molar-refractivity contribution in [2.75, 3.05) is 25.4 Å². The highest BCUT2D eigenvalue weighted by atomic mass is 32.2. The molecule has 9 heteroatoms. The van der Waals surface area contributed by atoms with Gasteiger partial charge in [0.1, 0.15) is 6.61 Å². The van der Waals surface area contributed by atoms with Gasteiger partial charge in [0.25, 0.3) is 11.8 Å². The van der Waals surface area contributed by atoms with Gasteiger partial charge in [0.2, 0.25) is 12.8 Å². The number of carbonyl (C=O) groups excluding carboxylic acids is 5. The van der Waals surface area contributed by atoms with Gasteiger partial charge in [-0.2, -0.15) is 0 Å². The van der Waals surface area contributed by atoms with Crippen molar-refractivity contribution in [1.82, 2.24) is 9.80 Å². The molecule has 126 valence electrons. The van der Waals surface area contributed by atoms with E-state index in [9.17, 15) is 24.0 Å². The average molecular weight is 342 g/mol. The molecule has 0 aromatic carbocycles. The van der Waals surface area contributed by atoms with Gasteiger partial charge >= 0.3 is 5.97 Å². The third kappa shape index (κ3) is 5.85. The molecule has 8 nitrogen and oxygen atoms in total. The Hall–Kier alpha value is -2.16. The molecule has 1 rings (SSSR count). The number of rotatable bonds is 11. The third-order valence-electron chi connectivity index (χ3n) is 2.87. The monoisotopic (exact) mass is 342 g/mol. The number of carbonyl (C=O) groups is 5. The van der Waals surface area contributed by atoms with Crippen LogP contribution in [0.5, 0.6) is 0 Å². The van der Waals surface area contributed by atoms with Gasteiger partial charge in [-0.3, -0.25) is 33.8 Å². The van der Waals surface area contributed by atoms with Crippen LogP contribution in [0.2, 0.25) is 0 Å². The van der Waals surface area contributed by atoms with Crippen LogP contribution < -0.4 is 0 Å². The second-order valence-electron chi connectivity index (χ2n) is 4.57. The van der Waals surface area contributed by atoms with Gasteiger partial charge in [-0.15, -0.1) is 11.8 Å². The molecule has 0 fully saturated rings. The Balaban J connectivity index is 2.26. The van der Waals surface area contributed by atoms with Gasteiger partial charge in [0.05, 0.1) is 17.9 Å². The zero-order valence-electron chi connectivity index (χ0n) is 12.7. The van der Waals surface area contributed by atoms with E-state index in [1.807, 2.05) is 6.92 Å². The van der Waals surface area contributed by atoms with Gasteiger partial charge in [-0.05, 0) is 6.42 Å². The number of nitrogens with zero attached hydrogens (tertiary/aromatic N) is 2. The molecule has 0 N–H and O–H groups in total. The van der Waals surface area contributed by atoms with E-state index in [0.717, 1.165) is 16.7 Å². The highest BCUT2D eigenvalue weighted by molar-refractivity contribution is 8.04. The molecule has 1 aliphatic rings. The number of thioether (sulfide) groups is 1. The molecular weight excluding hydrogens is 324 g/mol. The van der Waals surface area contributed by atoms with Crippen LogP contribution in [0.25, 0.3) is 0 Å². The van der Waals surface area contributed by atoms with Gasteiger partial charge in [0, 0.05) is 18.4 Å². The Kier molecular flexibility index (Phi) is 8.03. The molecule has 4 amide bonds. The van der Waals surface area contributed by atoms with E-state index < -0.39 is 5.97 Å². The van der Waals surface area contributed by atoms with Gasteiger partial charge < -0.3 is 4.74 Å². The van der Waals surface area contributed by atoms with E-state index in [4.69, 9.17) is 4.74 Å². The molecule has 0 saturated heterocycles. The highest BCUT2D eigenvalue weighted by Crippen LogP contribution is 2.25. The van der Waals surface area contributed by atoms with Crippen molar-refractivity contribution in [3.05, 3.63) is 11.0 Å². The minimum absolute atomic E-state index is 0.00397. The van der Waals surface area contributed by atoms with E-state index >= 15 is 0 Å². The lowest BCUT2D eigenvalue weighted by molar-refractivity contribution is -0.145. The normalized spacial score (nSPS) is 13.8. The fourth-order valence-corrected chi connectivity index (χ4v) is 2.64. The maximum atomic E-state index is 11.9. The maximum absolute atomic E-state index is 11.9. The molecule has 0 aromatic rings. The first kappa shape index (κ1) is 18.9. The van der Waals surface area contributed by atoms with Gasteiger partial charge in [0.15, 0.2) is 0 Å². The predicted molar refractivity (Wildman–Crippen MR) is 82.0 cm³/mol. The molecule has 0 saturated carbocycles.